The molecular formula is C36H74O2P-. The van der Waals surface area contributed by atoms with E-state index < -0.39 is 7.37 Å². The Morgan fingerprint density at radius 2 is 0.462 bits per heavy atom. The SMILES string of the molecule is CCCCCCCCCCCCCCCCCCP(=O)([O-])CCCCCCCCCCCCCCCCCC. The van der Waals surface area contributed by atoms with Crippen LogP contribution in [0.4, 0.5) is 0 Å². The molecule has 0 rings (SSSR count). The summed E-state index contributed by atoms with van der Waals surface area (Å²) in [5.41, 5.74) is 0. The lowest BCUT2D eigenvalue weighted by molar-refractivity contribution is -0.175. The van der Waals surface area contributed by atoms with Crippen LogP contribution >= 0.6 is 7.37 Å². The highest BCUT2D eigenvalue weighted by Gasteiger charge is 2.07. The first-order valence-electron chi connectivity index (χ1n) is 18.4. The molecule has 0 heterocycles. The lowest BCUT2D eigenvalue weighted by Gasteiger charge is -2.23. The fourth-order valence-electron chi connectivity index (χ4n) is 5.91. The predicted molar refractivity (Wildman–Crippen MR) is 176 cm³/mol. The van der Waals surface area contributed by atoms with Gasteiger partial charge in [0, 0.05) is 7.37 Å². The third-order valence-corrected chi connectivity index (χ3v) is 10.7. The fraction of sp³-hybridized carbons (Fsp3) is 1.00. The minimum Gasteiger partial charge on any atom is -0.799 e. The standard InChI is InChI=1S/C36H75O2P/c1-3-5-7-9-11-13-15-17-19-21-23-25-27-29-31-33-35-39(37,38)36-34-32-30-28-26-24-22-20-18-16-14-12-10-8-6-4-2/h3-36H2,1-2H3,(H,37,38)/p-1. The first kappa shape index (κ1) is 39.2. The van der Waals surface area contributed by atoms with Crippen molar-refractivity contribution >= 4 is 7.37 Å². The van der Waals surface area contributed by atoms with Gasteiger partial charge < -0.3 is 9.46 Å². The molecule has 3 heteroatoms. The van der Waals surface area contributed by atoms with Gasteiger partial charge in [-0.2, -0.15) is 0 Å². The summed E-state index contributed by atoms with van der Waals surface area (Å²) in [5.74, 6) is 0. The molecule has 0 aliphatic carbocycles. The molecule has 236 valence electrons. The maximum atomic E-state index is 12.4. The fourth-order valence-corrected chi connectivity index (χ4v) is 7.55. The molecule has 0 unspecified atom stereocenters. The van der Waals surface area contributed by atoms with Crippen LogP contribution in [0.25, 0.3) is 0 Å². The summed E-state index contributed by atoms with van der Waals surface area (Å²) >= 11 is 0. The molecule has 0 N–H and O–H groups in total. The van der Waals surface area contributed by atoms with Crippen LogP contribution in [0.5, 0.6) is 0 Å². The minimum absolute atomic E-state index is 0.449. The van der Waals surface area contributed by atoms with Crippen molar-refractivity contribution in [2.45, 2.75) is 219 Å². The molecule has 0 fully saturated rings. The Morgan fingerprint density at radius 3 is 0.641 bits per heavy atom. The molecule has 0 aliphatic rings. The Kier molecular flexibility index (Phi) is 32.9. The summed E-state index contributed by atoms with van der Waals surface area (Å²) in [4.78, 5) is 12.4. The van der Waals surface area contributed by atoms with E-state index in [1.54, 1.807) is 0 Å². The highest BCUT2D eigenvalue weighted by atomic mass is 31.2. The summed E-state index contributed by atoms with van der Waals surface area (Å²) in [6, 6.07) is 0. The molecule has 0 aromatic heterocycles. The van der Waals surface area contributed by atoms with Crippen molar-refractivity contribution in [1.29, 1.82) is 0 Å². The van der Waals surface area contributed by atoms with Gasteiger partial charge in [0.2, 0.25) is 0 Å². The molecule has 2 nitrogen and oxygen atoms in total. The van der Waals surface area contributed by atoms with E-state index in [0.717, 1.165) is 25.7 Å². The molecule has 0 amide bonds. The van der Waals surface area contributed by atoms with Crippen LogP contribution in [-0.4, -0.2) is 12.3 Å². The van der Waals surface area contributed by atoms with Gasteiger partial charge >= 0.3 is 0 Å². The molecule has 0 aromatic rings. The van der Waals surface area contributed by atoms with Gasteiger partial charge in [0.1, 0.15) is 0 Å². The van der Waals surface area contributed by atoms with E-state index in [4.69, 9.17) is 0 Å². The lowest BCUT2D eigenvalue weighted by Crippen LogP contribution is -2.09. The Bertz CT molecular complexity index is 452. The maximum Gasteiger partial charge on any atom is 0.0148 e. The van der Waals surface area contributed by atoms with Crippen molar-refractivity contribution < 1.29 is 9.46 Å². The Labute approximate surface area is 248 Å². The van der Waals surface area contributed by atoms with Crippen molar-refractivity contribution in [1.82, 2.24) is 0 Å². The molecule has 39 heavy (non-hydrogen) atoms. The molecule has 0 bridgehead atoms. The first-order valence-corrected chi connectivity index (χ1v) is 20.4. The van der Waals surface area contributed by atoms with E-state index in [1.165, 1.54) is 180 Å². The van der Waals surface area contributed by atoms with Crippen LogP contribution in [0.3, 0.4) is 0 Å². The lowest BCUT2D eigenvalue weighted by atomic mass is 10.0. The smallest absolute Gasteiger partial charge is 0.0148 e. The van der Waals surface area contributed by atoms with Crippen molar-refractivity contribution in [3.8, 4) is 0 Å². The van der Waals surface area contributed by atoms with Crippen LogP contribution in [0.1, 0.15) is 219 Å². The second-order valence-electron chi connectivity index (χ2n) is 12.9. The molecule has 0 saturated heterocycles. The Hall–Kier alpha value is 0.190. The molecule has 0 saturated carbocycles. The summed E-state index contributed by atoms with van der Waals surface area (Å²) in [6.45, 7) is 4.57. The van der Waals surface area contributed by atoms with Gasteiger partial charge in [0.05, 0.1) is 0 Å². The number of unbranched alkanes of at least 4 members (excludes halogenated alkanes) is 30. The van der Waals surface area contributed by atoms with Crippen LogP contribution in [-0.2, 0) is 4.57 Å². The second-order valence-corrected chi connectivity index (χ2v) is 15.4. The zero-order valence-electron chi connectivity index (χ0n) is 27.3. The van der Waals surface area contributed by atoms with E-state index in [0.29, 0.717) is 12.3 Å². The van der Waals surface area contributed by atoms with Crippen LogP contribution in [0.2, 0.25) is 0 Å². The normalized spacial score (nSPS) is 12.0. The van der Waals surface area contributed by atoms with Crippen LogP contribution < -0.4 is 4.89 Å². The van der Waals surface area contributed by atoms with E-state index in [2.05, 4.69) is 13.8 Å². The zero-order chi connectivity index (χ0) is 28.5. The molecule has 0 aromatic carbocycles. The van der Waals surface area contributed by atoms with E-state index in [1.807, 2.05) is 0 Å². The highest BCUT2D eigenvalue weighted by Crippen LogP contribution is 2.38. The van der Waals surface area contributed by atoms with Crippen molar-refractivity contribution in [3.63, 3.8) is 0 Å². The maximum absolute atomic E-state index is 12.4. The first-order chi connectivity index (χ1) is 19.1. The topological polar surface area (TPSA) is 40.1 Å². The quantitative estimate of drug-likeness (QED) is 0.0571. The highest BCUT2D eigenvalue weighted by molar-refractivity contribution is 7.56. The molecule has 0 radical (unpaired) electrons. The van der Waals surface area contributed by atoms with Gasteiger partial charge in [0.25, 0.3) is 0 Å². The Balaban J connectivity index is 3.27. The largest absolute Gasteiger partial charge is 0.799 e. The summed E-state index contributed by atoms with van der Waals surface area (Å²) in [7, 11) is -3.12. The zero-order valence-corrected chi connectivity index (χ0v) is 28.2. The molecule has 0 atom stereocenters. The van der Waals surface area contributed by atoms with Gasteiger partial charge in [-0.1, -0.05) is 206 Å². The van der Waals surface area contributed by atoms with E-state index >= 15 is 0 Å². The second kappa shape index (κ2) is 32.7. The van der Waals surface area contributed by atoms with Gasteiger partial charge in [-0.3, -0.25) is 0 Å². The Morgan fingerprint density at radius 1 is 0.308 bits per heavy atom. The summed E-state index contributed by atoms with van der Waals surface area (Å²) in [5, 5.41) is 0. The molecule has 0 spiro atoms. The van der Waals surface area contributed by atoms with Crippen LogP contribution in [0.15, 0.2) is 0 Å². The molecular weight excluding hydrogens is 495 g/mol. The predicted octanol–water partition coefficient (Wildman–Crippen LogP) is 13.1. The monoisotopic (exact) mass is 570 g/mol. The van der Waals surface area contributed by atoms with Gasteiger partial charge in [-0.15, -0.1) is 0 Å². The van der Waals surface area contributed by atoms with E-state index in [9.17, 15) is 9.46 Å². The average Bonchev–Trinajstić information content (AvgIpc) is 2.92. The van der Waals surface area contributed by atoms with Crippen molar-refractivity contribution in [2.75, 3.05) is 12.3 Å². The van der Waals surface area contributed by atoms with Crippen LogP contribution in [0, 0.1) is 0 Å². The summed E-state index contributed by atoms with van der Waals surface area (Å²) < 4.78 is 12.4. The third kappa shape index (κ3) is 34.3. The summed E-state index contributed by atoms with van der Waals surface area (Å²) in [6.07, 6.45) is 43.6. The van der Waals surface area contributed by atoms with Crippen molar-refractivity contribution in [3.05, 3.63) is 0 Å². The van der Waals surface area contributed by atoms with Gasteiger partial charge in [-0.05, 0) is 25.2 Å². The van der Waals surface area contributed by atoms with Gasteiger partial charge in [-0.25, -0.2) is 0 Å². The van der Waals surface area contributed by atoms with Gasteiger partial charge in [0.15, 0.2) is 0 Å². The number of hydrogen-bond acceptors (Lipinski definition) is 2. The average molecular weight is 570 g/mol. The minimum atomic E-state index is -3.12. The van der Waals surface area contributed by atoms with E-state index in [-0.39, 0.29) is 0 Å². The molecule has 0 aliphatic heterocycles. The number of hydrogen-bond donors (Lipinski definition) is 0. The third-order valence-electron chi connectivity index (χ3n) is 8.70. The van der Waals surface area contributed by atoms with Crippen molar-refractivity contribution in [2.24, 2.45) is 0 Å². The number of rotatable bonds is 34.